The molecule has 0 radical (unpaired) electrons. The Morgan fingerprint density at radius 3 is 2.55 bits per heavy atom. The third-order valence-electron chi connectivity index (χ3n) is 5.02. The monoisotopic (exact) mass is 417 g/mol. The van der Waals surface area contributed by atoms with E-state index >= 15 is 0 Å². The largest absolute Gasteiger partial charge is 0.341 e. The molecule has 1 atom stereocenters. The summed E-state index contributed by atoms with van der Waals surface area (Å²) in [5, 5.41) is 3.41. The molecule has 1 saturated heterocycles. The minimum atomic E-state index is -0.293. The summed E-state index contributed by atoms with van der Waals surface area (Å²) in [4.78, 5) is 28.9. The first kappa shape index (κ1) is 21.1. The van der Waals surface area contributed by atoms with Crippen LogP contribution in [-0.4, -0.2) is 47.9 Å². The van der Waals surface area contributed by atoms with Gasteiger partial charge in [-0.25, -0.2) is 9.18 Å². The van der Waals surface area contributed by atoms with Crippen molar-refractivity contribution in [3.8, 4) is 0 Å². The Balaban J connectivity index is 1.54. The van der Waals surface area contributed by atoms with Crippen LogP contribution in [0.15, 0.2) is 48.5 Å². The van der Waals surface area contributed by atoms with Gasteiger partial charge in [0.2, 0.25) is 5.91 Å². The molecule has 3 amide bonds. The Kier molecular flexibility index (Phi) is 7.09. The second kappa shape index (κ2) is 9.74. The van der Waals surface area contributed by atoms with Gasteiger partial charge in [-0.3, -0.25) is 4.79 Å². The van der Waals surface area contributed by atoms with E-state index < -0.39 is 0 Å². The number of halogens is 2. The Bertz CT molecular complexity index is 877. The molecule has 0 spiro atoms. The molecule has 3 rings (SSSR count). The van der Waals surface area contributed by atoms with Crippen LogP contribution in [0, 0.1) is 11.7 Å². The first-order valence-electron chi connectivity index (χ1n) is 9.77. The Labute approximate surface area is 175 Å². The molecule has 0 bridgehead atoms. The van der Waals surface area contributed by atoms with Gasteiger partial charge in [-0.2, -0.15) is 0 Å². The molecule has 5 nitrogen and oxygen atoms in total. The van der Waals surface area contributed by atoms with Gasteiger partial charge in [0.1, 0.15) is 5.82 Å². The van der Waals surface area contributed by atoms with E-state index in [1.165, 1.54) is 12.1 Å². The van der Waals surface area contributed by atoms with Crippen LogP contribution in [0.3, 0.4) is 0 Å². The lowest BCUT2D eigenvalue weighted by atomic mass is 9.99. The number of nitrogens with zero attached hydrogens (tertiary/aromatic N) is 2. The summed E-state index contributed by atoms with van der Waals surface area (Å²) in [5.41, 5.74) is 1.45. The lowest BCUT2D eigenvalue weighted by molar-refractivity contribution is -0.134. The number of carbonyl (C=O) groups excluding carboxylic acids is 2. The first-order chi connectivity index (χ1) is 13.9. The standard InChI is InChI=1S/C22H25ClFN3O2/c1-16(13-17-5-2-7-19(24)14-17)21(28)26-9-4-10-27(12-11-26)22(29)25-20-8-3-6-18(23)15-20/h2-3,5-8,14-16H,4,9-13H2,1H3,(H,25,29). The van der Waals surface area contributed by atoms with Crippen molar-refractivity contribution < 1.29 is 14.0 Å². The van der Waals surface area contributed by atoms with Crippen LogP contribution in [0.5, 0.6) is 0 Å². The van der Waals surface area contributed by atoms with Gasteiger partial charge in [-0.05, 0) is 48.7 Å². The van der Waals surface area contributed by atoms with Crippen molar-refractivity contribution in [1.29, 1.82) is 0 Å². The molecule has 7 heteroatoms. The van der Waals surface area contributed by atoms with Crippen molar-refractivity contribution in [2.45, 2.75) is 19.8 Å². The molecular weight excluding hydrogens is 393 g/mol. The zero-order valence-corrected chi connectivity index (χ0v) is 17.2. The Morgan fingerprint density at radius 2 is 1.79 bits per heavy atom. The summed E-state index contributed by atoms with van der Waals surface area (Å²) in [6.07, 6.45) is 1.20. The topological polar surface area (TPSA) is 52.7 Å². The number of carbonyl (C=O) groups is 2. The van der Waals surface area contributed by atoms with E-state index in [9.17, 15) is 14.0 Å². The summed E-state index contributed by atoms with van der Waals surface area (Å²) < 4.78 is 13.4. The lowest BCUT2D eigenvalue weighted by Gasteiger charge is -2.25. The molecule has 154 valence electrons. The molecule has 2 aromatic rings. The number of anilines is 1. The fourth-order valence-electron chi connectivity index (χ4n) is 3.53. The predicted molar refractivity (Wildman–Crippen MR) is 113 cm³/mol. The van der Waals surface area contributed by atoms with E-state index in [1.54, 1.807) is 40.1 Å². The molecule has 1 fully saturated rings. The van der Waals surface area contributed by atoms with E-state index in [0.717, 1.165) is 5.56 Å². The van der Waals surface area contributed by atoms with E-state index in [-0.39, 0.29) is 23.7 Å². The highest BCUT2D eigenvalue weighted by Crippen LogP contribution is 2.17. The van der Waals surface area contributed by atoms with Crippen molar-refractivity contribution >= 4 is 29.2 Å². The number of urea groups is 1. The third kappa shape index (κ3) is 5.94. The highest BCUT2D eigenvalue weighted by Gasteiger charge is 2.25. The summed E-state index contributed by atoms with van der Waals surface area (Å²) in [6, 6.07) is 13.2. The molecule has 1 unspecified atom stereocenters. The van der Waals surface area contributed by atoms with Crippen LogP contribution in [0.2, 0.25) is 5.02 Å². The maximum atomic E-state index is 13.4. The lowest BCUT2D eigenvalue weighted by Crippen LogP contribution is -2.41. The van der Waals surface area contributed by atoms with E-state index in [4.69, 9.17) is 11.6 Å². The van der Waals surface area contributed by atoms with Gasteiger partial charge >= 0.3 is 6.03 Å². The number of nitrogens with one attached hydrogen (secondary N) is 1. The van der Waals surface area contributed by atoms with Crippen LogP contribution in [0.4, 0.5) is 14.9 Å². The Morgan fingerprint density at radius 1 is 1.07 bits per heavy atom. The van der Waals surface area contributed by atoms with E-state index in [0.29, 0.717) is 49.7 Å². The van der Waals surface area contributed by atoms with Crippen molar-refractivity contribution in [3.05, 3.63) is 64.9 Å². The van der Waals surface area contributed by atoms with Gasteiger partial charge in [-0.1, -0.05) is 36.7 Å². The molecule has 1 aliphatic heterocycles. The van der Waals surface area contributed by atoms with Gasteiger partial charge in [0.05, 0.1) is 0 Å². The fraction of sp³-hybridized carbons (Fsp3) is 0.364. The smallest absolute Gasteiger partial charge is 0.321 e. The van der Waals surface area contributed by atoms with Crippen LogP contribution >= 0.6 is 11.6 Å². The zero-order valence-electron chi connectivity index (χ0n) is 16.4. The minimum absolute atomic E-state index is 0.0337. The summed E-state index contributed by atoms with van der Waals surface area (Å²) in [6.45, 7) is 3.99. The van der Waals surface area contributed by atoms with Crippen LogP contribution < -0.4 is 5.32 Å². The normalized spacial score (nSPS) is 15.6. The molecular formula is C22H25ClFN3O2. The van der Waals surface area contributed by atoms with E-state index in [2.05, 4.69) is 5.32 Å². The van der Waals surface area contributed by atoms with Crippen LogP contribution in [0.1, 0.15) is 18.9 Å². The zero-order chi connectivity index (χ0) is 20.8. The highest BCUT2D eigenvalue weighted by molar-refractivity contribution is 6.30. The second-order valence-electron chi connectivity index (χ2n) is 7.34. The van der Waals surface area contributed by atoms with Gasteiger partial charge in [0.25, 0.3) is 0 Å². The molecule has 29 heavy (non-hydrogen) atoms. The highest BCUT2D eigenvalue weighted by atomic mass is 35.5. The number of hydrogen-bond acceptors (Lipinski definition) is 2. The number of hydrogen-bond donors (Lipinski definition) is 1. The first-order valence-corrected chi connectivity index (χ1v) is 10.1. The third-order valence-corrected chi connectivity index (χ3v) is 5.26. The van der Waals surface area contributed by atoms with E-state index in [1.807, 2.05) is 13.0 Å². The Hall–Kier alpha value is -2.60. The van der Waals surface area contributed by atoms with Crippen LogP contribution in [0.25, 0.3) is 0 Å². The van der Waals surface area contributed by atoms with Crippen molar-refractivity contribution in [3.63, 3.8) is 0 Å². The number of rotatable bonds is 4. The molecule has 0 aliphatic carbocycles. The van der Waals surface area contributed by atoms with Gasteiger partial charge in [-0.15, -0.1) is 0 Å². The molecule has 0 aromatic heterocycles. The molecule has 0 saturated carbocycles. The average Bonchev–Trinajstić information content (AvgIpc) is 2.93. The molecule has 1 N–H and O–H groups in total. The SMILES string of the molecule is CC(Cc1cccc(F)c1)C(=O)N1CCCN(C(=O)Nc2cccc(Cl)c2)CC1. The molecule has 2 aromatic carbocycles. The van der Waals surface area contributed by atoms with Gasteiger partial charge in [0, 0.05) is 42.8 Å². The van der Waals surface area contributed by atoms with Crippen molar-refractivity contribution in [2.24, 2.45) is 5.92 Å². The molecule has 1 heterocycles. The second-order valence-corrected chi connectivity index (χ2v) is 7.78. The predicted octanol–water partition coefficient (Wildman–Crippen LogP) is 4.42. The summed E-state index contributed by atoms with van der Waals surface area (Å²) >= 11 is 5.96. The maximum Gasteiger partial charge on any atom is 0.321 e. The number of amides is 3. The minimum Gasteiger partial charge on any atom is -0.341 e. The summed E-state index contributed by atoms with van der Waals surface area (Å²) in [7, 11) is 0. The maximum absolute atomic E-state index is 13.4. The summed E-state index contributed by atoms with van der Waals surface area (Å²) in [5.74, 6) is -0.506. The fourth-order valence-corrected chi connectivity index (χ4v) is 3.72. The van der Waals surface area contributed by atoms with Crippen molar-refractivity contribution in [1.82, 2.24) is 9.80 Å². The van der Waals surface area contributed by atoms with Crippen molar-refractivity contribution in [2.75, 3.05) is 31.5 Å². The average molecular weight is 418 g/mol. The van der Waals surface area contributed by atoms with Gasteiger partial charge < -0.3 is 15.1 Å². The quantitative estimate of drug-likeness (QED) is 0.800. The number of benzene rings is 2. The van der Waals surface area contributed by atoms with Gasteiger partial charge in [0.15, 0.2) is 0 Å². The molecule has 1 aliphatic rings. The van der Waals surface area contributed by atoms with Crippen LogP contribution in [-0.2, 0) is 11.2 Å².